The first-order valence-corrected chi connectivity index (χ1v) is 9.47. The van der Waals surface area contributed by atoms with E-state index in [1.807, 2.05) is 36.5 Å². The number of aromatic nitrogens is 5. The van der Waals surface area contributed by atoms with E-state index in [1.165, 1.54) is 0 Å². The summed E-state index contributed by atoms with van der Waals surface area (Å²) in [5.74, 6) is 2.37. The Morgan fingerprint density at radius 3 is 2.41 bits per heavy atom. The van der Waals surface area contributed by atoms with E-state index in [1.54, 1.807) is 31.1 Å². The van der Waals surface area contributed by atoms with Gasteiger partial charge in [-0.1, -0.05) is 6.07 Å². The van der Waals surface area contributed by atoms with Crippen molar-refractivity contribution in [3.63, 3.8) is 0 Å². The summed E-state index contributed by atoms with van der Waals surface area (Å²) in [7, 11) is 0. The summed E-state index contributed by atoms with van der Waals surface area (Å²) in [5.41, 5.74) is 2.22. The third-order valence-corrected chi connectivity index (χ3v) is 4.91. The predicted molar refractivity (Wildman–Crippen MR) is 109 cm³/mol. The molecular weight excluding hydrogens is 366 g/mol. The van der Waals surface area contributed by atoms with Crippen LogP contribution in [-0.4, -0.2) is 51.1 Å². The van der Waals surface area contributed by atoms with Gasteiger partial charge in [0.05, 0.1) is 18.2 Å². The molecule has 0 unspecified atom stereocenters. The number of hydrogen-bond acceptors (Lipinski definition) is 8. The van der Waals surface area contributed by atoms with Crippen molar-refractivity contribution in [3.8, 4) is 22.7 Å². The molecule has 0 spiro atoms. The number of rotatable bonds is 4. The Morgan fingerprint density at radius 1 is 0.793 bits per heavy atom. The topological polar surface area (TPSA) is 84.1 Å². The van der Waals surface area contributed by atoms with E-state index < -0.39 is 0 Å². The van der Waals surface area contributed by atoms with E-state index >= 15 is 0 Å². The molecule has 1 aliphatic rings. The second-order valence-corrected chi connectivity index (χ2v) is 6.66. The van der Waals surface area contributed by atoms with E-state index in [0.29, 0.717) is 23.1 Å². The van der Waals surface area contributed by atoms with Gasteiger partial charge in [0.1, 0.15) is 11.5 Å². The Hall–Kier alpha value is -3.81. The summed E-state index contributed by atoms with van der Waals surface area (Å²) in [5, 5.41) is 0. The lowest BCUT2D eigenvalue weighted by atomic mass is 10.1. The molecule has 8 nitrogen and oxygen atoms in total. The largest absolute Gasteiger partial charge is 0.463 e. The summed E-state index contributed by atoms with van der Waals surface area (Å²) >= 11 is 0. The summed E-state index contributed by atoms with van der Waals surface area (Å²) in [4.78, 5) is 26.9. The molecule has 29 heavy (non-hydrogen) atoms. The zero-order valence-corrected chi connectivity index (χ0v) is 15.7. The van der Waals surface area contributed by atoms with Crippen LogP contribution in [0.1, 0.15) is 0 Å². The van der Waals surface area contributed by atoms with Crippen molar-refractivity contribution in [3.05, 3.63) is 67.6 Å². The monoisotopic (exact) mass is 385 g/mol. The molecule has 5 heterocycles. The Morgan fingerprint density at radius 2 is 1.69 bits per heavy atom. The van der Waals surface area contributed by atoms with Gasteiger partial charge >= 0.3 is 0 Å². The molecule has 0 saturated carbocycles. The van der Waals surface area contributed by atoms with Crippen LogP contribution in [0.3, 0.4) is 0 Å². The summed E-state index contributed by atoms with van der Waals surface area (Å²) < 4.78 is 5.63. The molecule has 1 aliphatic heterocycles. The molecule has 0 atom stereocenters. The number of anilines is 2. The lowest BCUT2D eigenvalue weighted by molar-refractivity contribution is 0.579. The molecule has 144 valence electrons. The van der Waals surface area contributed by atoms with Gasteiger partial charge in [0.2, 0.25) is 5.95 Å². The van der Waals surface area contributed by atoms with Gasteiger partial charge in [-0.15, -0.1) is 0 Å². The molecule has 0 aromatic carbocycles. The quantitative estimate of drug-likeness (QED) is 0.530. The van der Waals surface area contributed by atoms with Crippen LogP contribution in [0, 0.1) is 0 Å². The van der Waals surface area contributed by atoms with Crippen LogP contribution in [0.15, 0.2) is 72.0 Å². The van der Waals surface area contributed by atoms with Crippen molar-refractivity contribution in [2.24, 2.45) is 0 Å². The van der Waals surface area contributed by atoms with Crippen molar-refractivity contribution in [2.75, 3.05) is 36.0 Å². The molecule has 8 heteroatoms. The van der Waals surface area contributed by atoms with Crippen molar-refractivity contribution in [1.82, 2.24) is 24.9 Å². The Balaban J connectivity index is 1.42. The molecule has 0 bridgehead atoms. The lowest BCUT2D eigenvalue weighted by Gasteiger charge is -2.35. The van der Waals surface area contributed by atoms with Gasteiger partial charge in [-0.05, 0) is 24.3 Å². The van der Waals surface area contributed by atoms with Crippen LogP contribution < -0.4 is 9.80 Å². The summed E-state index contributed by atoms with van der Waals surface area (Å²) in [6.07, 6.45) is 10.3. The number of nitrogens with zero attached hydrogens (tertiary/aromatic N) is 7. The average molecular weight is 385 g/mol. The highest BCUT2D eigenvalue weighted by molar-refractivity contribution is 5.76. The standard InChI is InChI=1S/C21H19N7O/c1-2-6-24-19(5-1)27-9-11-28(12-10-27)21-25-14-16(17-15-22-7-8-23-17)20(26-21)18-4-3-13-29-18/h1-8,13-15H,9-12H2. The molecule has 0 amide bonds. The average Bonchev–Trinajstić information content (AvgIpc) is 3.35. The minimum atomic E-state index is 0.682. The van der Waals surface area contributed by atoms with Gasteiger partial charge in [-0.2, -0.15) is 0 Å². The third kappa shape index (κ3) is 3.52. The van der Waals surface area contributed by atoms with E-state index in [-0.39, 0.29) is 0 Å². The molecule has 4 aromatic heterocycles. The zero-order valence-electron chi connectivity index (χ0n) is 15.7. The van der Waals surface area contributed by atoms with Gasteiger partial charge in [-0.25, -0.2) is 15.0 Å². The van der Waals surface area contributed by atoms with Crippen LogP contribution >= 0.6 is 0 Å². The SMILES string of the molecule is c1ccc(N2CCN(c3ncc(-c4cnccn4)c(-c4ccco4)n3)CC2)nc1. The molecule has 1 fully saturated rings. The van der Waals surface area contributed by atoms with E-state index in [9.17, 15) is 0 Å². The molecule has 0 radical (unpaired) electrons. The highest BCUT2D eigenvalue weighted by Gasteiger charge is 2.22. The van der Waals surface area contributed by atoms with E-state index in [0.717, 1.165) is 37.6 Å². The number of furan rings is 1. The number of pyridine rings is 1. The molecule has 4 aromatic rings. The van der Waals surface area contributed by atoms with Crippen LogP contribution in [-0.2, 0) is 0 Å². The Bertz CT molecular complexity index is 1060. The first kappa shape index (κ1) is 17.3. The zero-order chi connectivity index (χ0) is 19.5. The van der Waals surface area contributed by atoms with Crippen LogP contribution in [0.5, 0.6) is 0 Å². The predicted octanol–water partition coefficient (Wildman–Crippen LogP) is 2.92. The maximum absolute atomic E-state index is 5.63. The smallest absolute Gasteiger partial charge is 0.226 e. The van der Waals surface area contributed by atoms with Crippen molar-refractivity contribution in [1.29, 1.82) is 0 Å². The maximum atomic E-state index is 5.63. The minimum absolute atomic E-state index is 0.682. The molecule has 5 rings (SSSR count). The number of piperazine rings is 1. The normalized spacial score (nSPS) is 14.2. The van der Waals surface area contributed by atoms with Crippen LogP contribution in [0.25, 0.3) is 22.7 Å². The van der Waals surface area contributed by atoms with Crippen molar-refractivity contribution in [2.45, 2.75) is 0 Å². The van der Waals surface area contributed by atoms with Crippen molar-refractivity contribution < 1.29 is 4.42 Å². The molecular formula is C21H19N7O. The van der Waals surface area contributed by atoms with Crippen LogP contribution in [0.2, 0.25) is 0 Å². The molecule has 1 saturated heterocycles. The lowest BCUT2D eigenvalue weighted by Crippen LogP contribution is -2.47. The minimum Gasteiger partial charge on any atom is -0.463 e. The molecule has 0 N–H and O–H groups in total. The third-order valence-electron chi connectivity index (χ3n) is 4.91. The second kappa shape index (κ2) is 7.67. The van der Waals surface area contributed by atoms with Gasteiger partial charge in [-0.3, -0.25) is 9.97 Å². The van der Waals surface area contributed by atoms with Crippen molar-refractivity contribution >= 4 is 11.8 Å². The van der Waals surface area contributed by atoms with Gasteiger partial charge in [0, 0.05) is 56.5 Å². The first-order chi connectivity index (χ1) is 14.4. The summed E-state index contributed by atoms with van der Waals surface area (Å²) in [6.45, 7) is 3.36. The fourth-order valence-electron chi connectivity index (χ4n) is 3.43. The fraction of sp³-hybridized carbons (Fsp3) is 0.190. The highest BCUT2D eigenvalue weighted by Crippen LogP contribution is 2.30. The maximum Gasteiger partial charge on any atom is 0.226 e. The van der Waals surface area contributed by atoms with E-state index in [2.05, 4.69) is 29.7 Å². The van der Waals surface area contributed by atoms with Gasteiger partial charge < -0.3 is 14.2 Å². The van der Waals surface area contributed by atoms with Crippen LogP contribution in [0.4, 0.5) is 11.8 Å². The second-order valence-electron chi connectivity index (χ2n) is 6.66. The van der Waals surface area contributed by atoms with Gasteiger partial charge in [0.15, 0.2) is 5.76 Å². The first-order valence-electron chi connectivity index (χ1n) is 9.47. The molecule has 0 aliphatic carbocycles. The Labute approximate surface area is 167 Å². The summed E-state index contributed by atoms with van der Waals surface area (Å²) in [6, 6.07) is 9.73. The number of hydrogen-bond donors (Lipinski definition) is 0. The Kier molecular flexibility index (Phi) is 4.57. The highest BCUT2D eigenvalue weighted by atomic mass is 16.3. The van der Waals surface area contributed by atoms with E-state index in [4.69, 9.17) is 9.40 Å². The van der Waals surface area contributed by atoms with Gasteiger partial charge in [0.25, 0.3) is 0 Å². The fourth-order valence-corrected chi connectivity index (χ4v) is 3.43.